The van der Waals surface area contributed by atoms with Gasteiger partial charge in [0, 0.05) is 25.3 Å². The number of ether oxygens (including phenoxy) is 1. The summed E-state index contributed by atoms with van der Waals surface area (Å²) in [5.74, 6) is 0.285. The van der Waals surface area contributed by atoms with Crippen molar-refractivity contribution in [2.45, 2.75) is 50.7 Å². The number of rotatable bonds is 5. The minimum Gasteiger partial charge on any atom is -0.376 e. The van der Waals surface area contributed by atoms with Gasteiger partial charge in [0.05, 0.1) is 12.3 Å². The summed E-state index contributed by atoms with van der Waals surface area (Å²) >= 11 is 0. The average molecular weight is 408 g/mol. The van der Waals surface area contributed by atoms with Gasteiger partial charge in [-0.15, -0.1) is 0 Å². The second-order valence-electron chi connectivity index (χ2n) is 8.14. The molecule has 1 aliphatic carbocycles. The van der Waals surface area contributed by atoms with Gasteiger partial charge in [0.1, 0.15) is 10.9 Å². The van der Waals surface area contributed by atoms with E-state index in [1.807, 2.05) is 12.1 Å². The van der Waals surface area contributed by atoms with E-state index in [4.69, 9.17) is 4.74 Å². The predicted octanol–water partition coefficient (Wildman–Crippen LogP) is 1.93. The maximum Gasteiger partial charge on any atom is 0.325 e. The molecule has 1 saturated heterocycles. The Morgan fingerprint density at radius 3 is 2.90 bits per heavy atom. The molecule has 2 aliphatic rings. The first-order valence-corrected chi connectivity index (χ1v) is 10.7. The first kappa shape index (κ1) is 19.0. The molecular weight excluding hydrogens is 382 g/mol. The highest BCUT2D eigenvalue weighted by Crippen LogP contribution is 2.22. The molecule has 0 aromatic carbocycles. The van der Waals surface area contributed by atoms with Crippen molar-refractivity contribution in [1.82, 2.24) is 14.7 Å². The Kier molecular flexibility index (Phi) is 5.08. The molecule has 0 unspecified atom stereocenters. The Morgan fingerprint density at radius 1 is 1.23 bits per heavy atom. The first-order chi connectivity index (χ1) is 14.7. The molecule has 2 fully saturated rings. The zero-order valence-corrected chi connectivity index (χ0v) is 16.8. The second-order valence-corrected chi connectivity index (χ2v) is 8.14. The van der Waals surface area contributed by atoms with Crippen LogP contribution in [0.15, 0.2) is 35.3 Å². The number of hydrogen-bond donors (Lipinski definition) is 2. The third-order valence-corrected chi connectivity index (χ3v) is 6.03. The zero-order valence-electron chi connectivity index (χ0n) is 16.8. The number of amides is 1. The summed E-state index contributed by atoms with van der Waals surface area (Å²) in [4.78, 5) is 34.0. The zero-order chi connectivity index (χ0) is 20.5. The van der Waals surface area contributed by atoms with Crippen LogP contribution in [0.2, 0.25) is 0 Å². The number of anilines is 1. The van der Waals surface area contributed by atoms with E-state index in [9.17, 15) is 9.59 Å². The van der Waals surface area contributed by atoms with Crippen molar-refractivity contribution in [2.75, 3.05) is 18.5 Å². The van der Waals surface area contributed by atoms with Crippen LogP contribution in [0.25, 0.3) is 16.7 Å². The quantitative estimate of drug-likeness (QED) is 0.629. The largest absolute Gasteiger partial charge is 0.376 e. The number of aromatic nitrogens is 3. The van der Waals surface area contributed by atoms with Gasteiger partial charge >= 0.3 is 5.56 Å². The number of nitrogens with one attached hydrogen (secondary N) is 3. The number of pyridine rings is 2. The maximum atomic E-state index is 13.1. The van der Waals surface area contributed by atoms with Crippen LogP contribution in [0.1, 0.15) is 48.9 Å². The molecule has 3 N–H and O–H groups in total. The number of H-pyrrole nitrogens is 1. The molecule has 1 atom stereocenters. The highest BCUT2D eigenvalue weighted by Gasteiger charge is 2.25. The van der Waals surface area contributed by atoms with Crippen molar-refractivity contribution < 1.29 is 14.5 Å². The van der Waals surface area contributed by atoms with Gasteiger partial charge in [0.2, 0.25) is 11.5 Å². The van der Waals surface area contributed by atoms with Gasteiger partial charge in [-0.3, -0.25) is 4.79 Å². The molecule has 8 heteroatoms. The fourth-order valence-electron chi connectivity index (χ4n) is 4.40. The van der Waals surface area contributed by atoms with Crippen LogP contribution in [0.3, 0.4) is 0 Å². The number of aromatic amines is 1. The number of hydrogen-bond acceptors (Lipinski definition) is 5. The van der Waals surface area contributed by atoms with Crippen LogP contribution in [-0.4, -0.2) is 40.6 Å². The molecule has 156 valence electrons. The van der Waals surface area contributed by atoms with Crippen LogP contribution in [0.5, 0.6) is 0 Å². The summed E-state index contributed by atoms with van der Waals surface area (Å²) in [6.07, 6.45) is 8.10. The molecule has 0 bridgehead atoms. The van der Waals surface area contributed by atoms with E-state index >= 15 is 0 Å². The van der Waals surface area contributed by atoms with Crippen molar-refractivity contribution >= 4 is 28.4 Å². The number of carbonyl (C=O) groups is 1. The summed E-state index contributed by atoms with van der Waals surface area (Å²) in [6, 6.07) is 7.32. The topological polar surface area (TPSA) is 98.9 Å². The average Bonchev–Trinajstić information content (AvgIpc) is 3.46. The Morgan fingerprint density at radius 2 is 2.10 bits per heavy atom. The summed E-state index contributed by atoms with van der Waals surface area (Å²) in [5, 5.41) is 6.80. The molecular formula is C22H26N5O3+. The summed E-state index contributed by atoms with van der Waals surface area (Å²) in [6.45, 7) is 1.35. The normalized spacial score (nSPS) is 19.5. The number of fused-ring (bicyclic) bond motifs is 2. The molecule has 5 rings (SSSR count). The Labute approximate surface area is 173 Å². The molecule has 8 nitrogen and oxygen atoms in total. The minimum atomic E-state index is -0.201. The van der Waals surface area contributed by atoms with Gasteiger partial charge in [-0.05, 0) is 37.8 Å². The van der Waals surface area contributed by atoms with E-state index < -0.39 is 0 Å². The predicted molar refractivity (Wildman–Crippen MR) is 113 cm³/mol. The van der Waals surface area contributed by atoms with Crippen LogP contribution in [0.4, 0.5) is 5.82 Å². The van der Waals surface area contributed by atoms with Crippen molar-refractivity contribution in [3.8, 4) is 0 Å². The van der Waals surface area contributed by atoms with E-state index in [-0.39, 0.29) is 23.6 Å². The van der Waals surface area contributed by atoms with Gasteiger partial charge in [0.15, 0.2) is 0 Å². The molecule has 3 aromatic rings. The van der Waals surface area contributed by atoms with Gasteiger partial charge < -0.3 is 15.4 Å². The highest BCUT2D eigenvalue weighted by molar-refractivity contribution is 6.01. The molecule has 4 heterocycles. The van der Waals surface area contributed by atoms with Crippen molar-refractivity contribution in [1.29, 1.82) is 0 Å². The van der Waals surface area contributed by atoms with Crippen molar-refractivity contribution in [2.24, 2.45) is 0 Å². The molecule has 1 aliphatic heterocycles. The van der Waals surface area contributed by atoms with E-state index in [1.54, 1.807) is 18.3 Å². The minimum absolute atomic E-state index is 0.111. The molecule has 1 amide bonds. The maximum absolute atomic E-state index is 13.1. The first-order valence-electron chi connectivity index (χ1n) is 10.7. The summed E-state index contributed by atoms with van der Waals surface area (Å²) < 4.78 is 7.22. The lowest BCUT2D eigenvalue weighted by Crippen LogP contribution is -2.34. The lowest BCUT2D eigenvalue weighted by molar-refractivity contribution is -0.319. The lowest BCUT2D eigenvalue weighted by Gasteiger charge is -2.15. The van der Waals surface area contributed by atoms with Crippen molar-refractivity contribution in [3.63, 3.8) is 0 Å². The van der Waals surface area contributed by atoms with Crippen LogP contribution >= 0.6 is 0 Å². The van der Waals surface area contributed by atoms with Crippen molar-refractivity contribution in [3.05, 3.63) is 46.4 Å². The van der Waals surface area contributed by atoms with Crippen LogP contribution in [-0.2, 0) is 4.74 Å². The fraction of sp³-hybridized carbons (Fsp3) is 0.455. The van der Waals surface area contributed by atoms with E-state index in [1.165, 1.54) is 4.40 Å². The highest BCUT2D eigenvalue weighted by atomic mass is 16.5. The van der Waals surface area contributed by atoms with E-state index in [0.29, 0.717) is 34.6 Å². The van der Waals surface area contributed by atoms with Gasteiger partial charge in [-0.1, -0.05) is 23.9 Å². The molecule has 3 aromatic heterocycles. The molecule has 0 radical (unpaired) electrons. The smallest absolute Gasteiger partial charge is 0.325 e. The summed E-state index contributed by atoms with van der Waals surface area (Å²) in [7, 11) is 0. The standard InChI is InChI=1S/C22H25N5O3/c28-21(24-14-6-1-2-7-14)16-12-17-20(25-18-9-3-4-10-27(18)22(17)29)26-19(16)23-13-15-8-5-11-30-15/h3-4,9-10,12,14-15H,1-2,5-8,11,13H2,(H,23,26)(H,24,28)/p+1/t15-/m0/s1. The van der Waals surface area contributed by atoms with E-state index in [2.05, 4.69) is 20.6 Å². The van der Waals surface area contributed by atoms with Gasteiger partial charge in [0.25, 0.3) is 11.6 Å². The third kappa shape index (κ3) is 3.63. The van der Waals surface area contributed by atoms with Gasteiger partial charge in [-0.2, -0.15) is 4.40 Å². The Bertz CT molecular complexity index is 1150. The molecule has 0 spiro atoms. The third-order valence-electron chi connectivity index (χ3n) is 6.03. The Balaban J connectivity index is 1.56. The second kappa shape index (κ2) is 8.02. The molecule has 1 saturated carbocycles. The fourth-order valence-corrected chi connectivity index (χ4v) is 4.40. The van der Waals surface area contributed by atoms with Crippen LogP contribution in [0, 0.1) is 0 Å². The SMILES string of the molecule is O=C(NC1CCCC1)c1cc2c(=O)n3ccccc3[nH+]c2nc1NC[C@@H]1CCCO1. The van der Waals surface area contributed by atoms with Gasteiger partial charge in [-0.25, -0.2) is 9.78 Å². The number of carbonyl (C=O) groups excluding carboxylic acids is 1. The van der Waals surface area contributed by atoms with E-state index in [0.717, 1.165) is 45.1 Å². The molecule has 30 heavy (non-hydrogen) atoms. The lowest BCUT2D eigenvalue weighted by atomic mass is 10.1. The summed E-state index contributed by atoms with van der Waals surface area (Å²) in [5.41, 5.74) is 1.30. The van der Waals surface area contributed by atoms with Crippen LogP contribution < -0.4 is 21.2 Å². The Hall–Kier alpha value is -3.00. The monoisotopic (exact) mass is 408 g/mol. The number of nitrogens with zero attached hydrogens (tertiary/aromatic N) is 2.